The Morgan fingerprint density at radius 2 is 2.22 bits per heavy atom. The maximum Gasteiger partial charge on any atom is 0.191 e. The van der Waals surface area contributed by atoms with E-state index in [0.29, 0.717) is 11.8 Å². The smallest absolute Gasteiger partial charge is 0.191 e. The van der Waals surface area contributed by atoms with Gasteiger partial charge in [0.05, 0.1) is 32.2 Å². The molecule has 2 heterocycles. The van der Waals surface area contributed by atoms with Gasteiger partial charge >= 0.3 is 0 Å². The van der Waals surface area contributed by atoms with Crippen molar-refractivity contribution in [3.05, 3.63) is 35.1 Å². The molecule has 2 aromatic heterocycles. The van der Waals surface area contributed by atoms with Crippen molar-refractivity contribution >= 4 is 28.7 Å². The zero-order valence-electron chi connectivity index (χ0n) is 29.3. The topological polar surface area (TPSA) is 138 Å². The van der Waals surface area contributed by atoms with Gasteiger partial charge in [-0.15, -0.1) is 5.10 Å². The van der Waals surface area contributed by atoms with Crippen LogP contribution in [-0.4, -0.2) is 83.5 Å². The first kappa shape index (κ1) is 15.8. The fourth-order valence-corrected chi connectivity index (χ4v) is 4.49. The molecule has 0 amide bonds. The fourth-order valence-electron chi connectivity index (χ4n) is 3.94. The zero-order chi connectivity index (χ0) is 34.3. The largest absolute Gasteiger partial charge is 0.394 e. The lowest BCUT2D eigenvalue weighted by atomic mass is 10.1. The minimum absolute atomic E-state index is 0.0345. The summed E-state index contributed by atoms with van der Waals surface area (Å²) in [6.45, 7) is -0.745. The van der Waals surface area contributed by atoms with E-state index in [-0.39, 0.29) is 40.5 Å². The van der Waals surface area contributed by atoms with E-state index in [4.69, 9.17) is 18.4 Å². The highest BCUT2D eigenvalue weighted by molar-refractivity contribution is 7.99. The van der Waals surface area contributed by atoms with Gasteiger partial charge in [0.15, 0.2) is 22.1 Å². The molecule has 2 aliphatic carbocycles. The average molecular weight is 529 g/mol. The van der Waals surface area contributed by atoms with Crippen molar-refractivity contribution in [2.24, 2.45) is 0 Å². The molecule has 2 saturated carbocycles. The standard InChI is InChI=1S/C24H31FN6O4S/c1-3-8-36-24-27-22(26-16-10-14(16)13-5-4-12(2)15(25)9-13)19-23(28-24)31(30-29-19)17-11-18(35-7-6-32)21(34)20(17)33/h4-5,9,14,16-18,20-21,32-34H,3,6-8,10-11H2,1-2H3,(H,26,27,28)/t14-,16+,17+,18-,20-,21+/m0/s1/i4D,5D,7D2,8D2,9D,10D2,14D. The zero-order valence-corrected chi connectivity index (χ0v) is 20.1. The number of hydrogen-bond donors (Lipinski definition) is 4. The monoisotopic (exact) mass is 528 g/mol. The first-order valence-electron chi connectivity index (χ1n) is 16.2. The lowest BCUT2D eigenvalue weighted by Gasteiger charge is -2.17. The van der Waals surface area contributed by atoms with Crippen molar-refractivity contribution < 1.29 is 38.2 Å². The summed E-state index contributed by atoms with van der Waals surface area (Å²) < 4.78 is 104. The fraction of sp³-hybridized carbons (Fsp3) is 0.583. The number of thioether (sulfide) groups is 1. The van der Waals surface area contributed by atoms with Crippen molar-refractivity contribution in [3.63, 3.8) is 0 Å². The highest BCUT2D eigenvalue weighted by Gasteiger charge is 2.45. The Morgan fingerprint density at radius 1 is 1.39 bits per heavy atom. The van der Waals surface area contributed by atoms with E-state index in [9.17, 15) is 19.7 Å². The maximum absolute atomic E-state index is 14.8. The molecule has 36 heavy (non-hydrogen) atoms. The van der Waals surface area contributed by atoms with Crippen LogP contribution < -0.4 is 5.32 Å². The van der Waals surface area contributed by atoms with Crippen LogP contribution in [0.2, 0.25) is 0 Å². The van der Waals surface area contributed by atoms with Crippen LogP contribution >= 0.6 is 11.8 Å². The van der Waals surface area contributed by atoms with Crippen LogP contribution in [0.3, 0.4) is 0 Å². The third kappa shape index (κ3) is 4.92. The van der Waals surface area contributed by atoms with Crippen molar-refractivity contribution in [3.8, 4) is 0 Å². The summed E-state index contributed by atoms with van der Waals surface area (Å²) in [4.78, 5) is 8.65. The number of nitrogens with zero attached hydrogens (tertiary/aromatic N) is 5. The number of anilines is 1. The second-order valence-electron chi connectivity index (χ2n) is 8.23. The lowest BCUT2D eigenvalue weighted by Crippen LogP contribution is -2.33. The number of benzene rings is 1. The van der Waals surface area contributed by atoms with E-state index < -0.39 is 91.0 Å². The first-order chi connectivity index (χ1) is 21.2. The maximum atomic E-state index is 14.8. The van der Waals surface area contributed by atoms with Crippen LogP contribution in [0, 0.1) is 12.7 Å². The van der Waals surface area contributed by atoms with E-state index in [2.05, 4.69) is 25.6 Å². The number of nitrogens with one attached hydrogen (secondary N) is 1. The second kappa shape index (κ2) is 10.5. The van der Waals surface area contributed by atoms with Crippen molar-refractivity contribution in [1.29, 1.82) is 0 Å². The van der Waals surface area contributed by atoms with E-state index in [1.807, 2.05) is 0 Å². The van der Waals surface area contributed by atoms with Crippen molar-refractivity contribution in [2.75, 3.05) is 24.2 Å². The van der Waals surface area contributed by atoms with Crippen LogP contribution in [0.5, 0.6) is 0 Å². The van der Waals surface area contributed by atoms with Gasteiger partial charge in [-0.2, -0.15) is 0 Å². The summed E-state index contributed by atoms with van der Waals surface area (Å²) in [6.07, 6.45) is -7.15. The molecular formula is C24H31FN6O4S. The number of aliphatic hydroxyl groups excluding tert-OH is 3. The molecule has 1 aromatic carbocycles. The highest BCUT2D eigenvalue weighted by atomic mass is 32.2. The Hall–Kier alpha value is -2.38. The van der Waals surface area contributed by atoms with Gasteiger partial charge < -0.3 is 25.4 Å². The van der Waals surface area contributed by atoms with Gasteiger partial charge in [0, 0.05) is 30.9 Å². The molecule has 2 fully saturated rings. The Morgan fingerprint density at radius 3 is 3.00 bits per heavy atom. The van der Waals surface area contributed by atoms with Gasteiger partial charge in [-0.25, -0.2) is 19.0 Å². The predicted molar refractivity (Wildman–Crippen MR) is 133 cm³/mol. The molecule has 194 valence electrons. The molecule has 10 nitrogen and oxygen atoms in total. The molecule has 2 aliphatic rings. The third-order valence-electron chi connectivity index (χ3n) is 5.82. The summed E-state index contributed by atoms with van der Waals surface area (Å²) in [5, 5.41) is 41.3. The van der Waals surface area contributed by atoms with Crippen LogP contribution in [0.15, 0.2) is 23.3 Å². The van der Waals surface area contributed by atoms with Crippen molar-refractivity contribution in [1.82, 2.24) is 25.0 Å². The summed E-state index contributed by atoms with van der Waals surface area (Å²) >= 11 is 0.610. The molecule has 5 rings (SSSR count). The molecule has 12 heteroatoms. The van der Waals surface area contributed by atoms with Gasteiger partial charge in [-0.05, 0) is 36.9 Å². The van der Waals surface area contributed by atoms with E-state index in [0.717, 1.165) is 4.68 Å². The number of rotatable bonds is 10. The summed E-state index contributed by atoms with van der Waals surface area (Å²) in [5.74, 6) is -3.81. The van der Waals surface area contributed by atoms with Crippen LogP contribution in [0.1, 0.15) is 62.9 Å². The van der Waals surface area contributed by atoms with Gasteiger partial charge in [-0.3, -0.25) is 0 Å². The number of ether oxygens (including phenoxy) is 1. The molecular weight excluding hydrogens is 487 g/mol. The lowest BCUT2D eigenvalue weighted by molar-refractivity contribution is -0.0629. The molecule has 0 bridgehead atoms. The molecule has 3 aromatic rings. The SMILES string of the molecule is [2H]c1c([2H])c([C@@]2([2H])[C@H](Nc3nc(SC([2H])([2H])CC)nc4c3nnn4[C@@H]3C[C@H](OC([2H])([2H])CO)[C@@H](O)[C@H]3O)C2([2H])[2H])c([2H])c(F)c1C. The molecule has 6 atom stereocenters. The summed E-state index contributed by atoms with van der Waals surface area (Å²) in [6, 6.07) is -4.81. The molecule has 0 unspecified atom stereocenters. The number of halogens is 1. The summed E-state index contributed by atoms with van der Waals surface area (Å²) in [5.41, 5.74) is -3.03. The number of aliphatic hydroxyl groups is 3. The van der Waals surface area contributed by atoms with Crippen molar-refractivity contribution in [2.45, 2.75) is 74.5 Å². The Balaban J connectivity index is 1.58. The van der Waals surface area contributed by atoms with Gasteiger partial charge in [0.1, 0.15) is 18.0 Å². The highest BCUT2D eigenvalue weighted by Crippen LogP contribution is 2.44. The molecule has 4 N–H and O–H groups in total. The van der Waals surface area contributed by atoms with E-state index in [1.54, 1.807) is 6.92 Å². The number of hydrogen-bond acceptors (Lipinski definition) is 10. The Bertz CT molecular complexity index is 1660. The van der Waals surface area contributed by atoms with Gasteiger partial charge in [0.2, 0.25) is 0 Å². The minimum atomic E-state index is -2.52. The second-order valence-corrected chi connectivity index (χ2v) is 9.09. The number of aromatic nitrogens is 5. The Labute approximate surface area is 226 Å². The minimum Gasteiger partial charge on any atom is -0.394 e. The first-order valence-corrected chi connectivity index (χ1v) is 12.0. The quantitative estimate of drug-likeness (QED) is 0.229. The van der Waals surface area contributed by atoms with Gasteiger partial charge in [-0.1, -0.05) is 36.0 Å². The third-order valence-corrected chi connectivity index (χ3v) is 6.62. The molecule has 0 spiro atoms. The van der Waals surface area contributed by atoms with Crippen LogP contribution in [-0.2, 0) is 4.74 Å². The number of fused-ring (bicyclic) bond motifs is 1. The normalized spacial score (nSPS) is 35.9. The summed E-state index contributed by atoms with van der Waals surface area (Å²) in [7, 11) is 0. The molecule has 0 radical (unpaired) electrons. The average Bonchev–Trinajstić information content (AvgIpc) is 3.28. The van der Waals surface area contributed by atoms with E-state index >= 15 is 0 Å². The Kier molecular flexibility index (Phi) is 4.62. The predicted octanol–water partition coefficient (Wildman–Crippen LogP) is 2.18. The molecule has 0 aliphatic heterocycles. The van der Waals surface area contributed by atoms with Crippen LogP contribution in [0.25, 0.3) is 11.2 Å². The van der Waals surface area contributed by atoms with Crippen LogP contribution in [0.4, 0.5) is 10.2 Å². The van der Waals surface area contributed by atoms with Gasteiger partial charge in [0.25, 0.3) is 0 Å². The molecule has 0 saturated heterocycles. The van der Waals surface area contributed by atoms with E-state index in [1.165, 1.54) is 6.92 Å².